The molecule has 10 heavy (non-hydrogen) atoms. The first-order valence-electron chi connectivity index (χ1n) is 3.07. The lowest BCUT2D eigenvalue weighted by Crippen LogP contribution is -1.93. The van der Waals surface area contributed by atoms with Gasteiger partial charge in [-0.05, 0) is 19.0 Å². The first kappa shape index (κ1) is 8.84. The molecule has 1 aliphatic rings. The summed E-state index contributed by atoms with van der Waals surface area (Å²) in [6.45, 7) is 2.01. The number of hydrogen-bond acceptors (Lipinski definition) is 4. The quantitative estimate of drug-likeness (QED) is 0.414. The Morgan fingerprint density at radius 2 is 2.20 bits per heavy atom. The maximum atomic E-state index is 8.65. The molecule has 0 aromatic heterocycles. The third kappa shape index (κ3) is 2.78. The fourth-order valence-electron chi connectivity index (χ4n) is 0.735. The molecule has 0 radical (unpaired) electrons. The first-order chi connectivity index (χ1) is 4.83. The predicted octanol–water partition coefficient (Wildman–Crippen LogP) is 2.90. The molecule has 1 fully saturated rings. The Bertz CT molecular complexity index is 127. The van der Waals surface area contributed by atoms with E-state index in [4.69, 9.17) is 4.55 Å². The Balaban J connectivity index is 2.37. The van der Waals surface area contributed by atoms with E-state index in [1.54, 1.807) is 0 Å². The highest BCUT2D eigenvalue weighted by Gasteiger charge is 2.08. The summed E-state index contributed by atoms with van der Waals surface area (Å²) in [5.41, 5.74) is 1.46. The van der Waals surface area contributed by atoms with Gasteiger partial charge in [0.25, 0.3) is 0 Å². The van der Waals surface area contributed by atoms with Crippen LogP contribution in [-0.2, 0) is 0 Å². The molecule has 58 valence electrons. The summed E-state index contributed by atoms with van der Waals surface area (Å²) in [6.07, 6.45) is 2.15. The van der Waals surface area contributed by atoms with Crippen molar-refractivity contribution in [2.24, 2.45) is 0 Å². The SMILES string of the molecule is CC(C=C1CSSC1)SO. The van der Waals surface area contributed by atoms with Crippen LogP contribution in [0.25, 0.3) is 0 Å². The zero-order valence-corrected chi connectivity index (χ0v) is 8.19. The standard InChI is InChI=1S/C6H10OS3/c1-5(10-7)2-6-3-8-9-4-6/h2,5,7H,3-4H2,1H3. The van der Waals surface area contributed by atoms with Gasteiger partial charge in [-0.25, -0.2) is 0 Å². The molecule has 0 spiro atoms. The summed E-state index contributed by atoms with van der Waals surface area (Å²) in [4.78, 5) is 0. The molecule has 1 heterocycles. The van der Waals surface area contributed by atoms with Gasteiger partial charge in [0.05, 0.1) is 0 Å². The monoisotopic (exact) mass is 194 g/mol. The van der Waals surface area contributed by atoms with Crippen LogP contribution in [0.1, 0.15) is 6.92 Å². The van der Waals surface area contributed by atoms with Crippen LogP contribution >= 0.6 is 33.6 Å². The zero-order valence-electron chi connectivity index (χ0n) is 5.74. The minimum absolute atomic E-state index is 0.259. The molecule has 0 aromatic rings. The second-order valence-electron chi connectivity index (χ2n) is 2.16. The van der Waals surface area contributed by atoms with Crippen molar-refractivity contribution < 1.29 is 4.55 Å². The third-order valence-corrected chi connectivity index (χ3v) is 4.03. The number of rotatable bonds is 2. The van der Waals surface area contributed by atoms with E-state index in [0.717, 1.165) is 23.5 Å². The van der Waals surface area contributed by atoms with Crippen LogP contribution in [0.2, 0.25) is 0 Å². The van der Waals surface area contributed by atoms with Crippen LogP contribution < -0.4 is 0 Å². The Morgan fingerprint density at radius 1 is 1.60 bits per heavy atom. The van der Waals surface area contributed by atoms with Gasteiger partial charge in [0.2, 0.25) is 0 Å². The van der Waals surface area contributed by atoms with E-state index < -0.39 is 0 Å². The first-order valence-corrected chi connectivity index (χ1v) is 6.39. The third-order valence-electron chi connectivity index (χ3n) is 1.21. The Hall–Kier alpha value is 0.750. The number of hydrogen-bond donors (Lipinski definition) is 1. The highest BCUT2D eigenvalue weighted by atomic mass is 33.1. The van der Waals surface area contributed by atoms with Gasteiger partial charge >= 0.3 is 0 Å². The van der Waals surface area contributed by atoms with Crippen LogP contribution in [-0.4, -0.2) is 21.3 Å². The van der Waals surface area contributed by atoms with Gasteiger partial charge in [-0.3, -0.25) is 0 Å². The van der Waals surface area contributed by atoms with Crippen molar-refractivity contribution in [2.75, 3.05) is 11.5 Å². The van der Waals surface area contributed by atoms with Crippen LogP contribution in [0, 0.1) is 0 Å². The summed E-state index contributed by atoms with van der Waals surface area (Å²) < 4.78 is 8.65. The molecule has 0 bridgehead atoms. The van der Waals surface area contributed by atoms with Gasteiger partial charge in [0, 0.05) is 16.8 Å². The highest BCUT2D eigenvalue weighted by Crippen LogP contribution is 2.34. The molecule has 0 aliphatic carbocycles. The fourth-order valence-corrected chi connectivity index (χ4v) is 3.39. The summed E-state index contributed by atoms with van der Waals surface area (Å²) >= 11 is 0.917. The minimum Gasteiger partial charge on any atom is -0.329 e. The molecular formula is C6H10OS3. The topological polar surface area (TPSA) is 20.2 Å². The van der Waals surface area contributed by atoms with Gasteiger partial charge in [0.15, 0.2) is 0 Å². The molecule has 1 saturated heterocycles. The average molecular weight is 194 g/mol. The van der Waals surface area contributed by atoms with Crippen molar-refractivity contribution in [1.29, 1.82) is 0 Å². The van der Waals surface area contributed by atoms with Crippen LogP contribution in [0.4, 0.5) is 0 Å². The lowest BCUT2D eigenvalue weighted by molar-refractivity contribution is 0.659. The van der Waals surface area contributed by atoms with Gasteiger partial charge in [0.1, 0.15) is 0 Å². The minimum atomic E-state index is 0.259. The van der Waals surface area contributed by atoms with Crippen LogP contribution in [0.3, 0.4) is 0 Å². The maximum Gasteiger partial charge on any atom is 0.0463 e. The van der Waals surface area contributed by atoms with E-state index in [1.165, 1.54) is 5.57 Å². The Labute approximate surface area is 73.6 Å². The maximum absolute atomic E-state index is 8.65. The molecule has 1 atom stereocenters. The van der Waals surface area contributed by atoms with E-state index in [0.29, 0.717) is 0 Å². The molecule has 0 saturated carbocycles. The average Bonchev–Trinajstić information content (AvgIpc) is 2.40. The van der Waals surface area contributed by atoms with E-state index in [9.17, 15) is 0 Å². The molecule has 1 rings (SSSR count). The summed E-state index contributed by atoms with van der Waals surface area (Å²) in [7, 11) is 3.78. The van der Waals surface area contributed by atoms with E-state index in [-0.39, 0.29) is 5.25 Å². The lowest BCUT2D eigenvalue weighted by atomic mass is 10.3. The summed E-state index contributed by atoms with van der Waals surface area (Å²) in [5, 5.41) is 0.259. The van der Waals surface area contributed by atoms with Gasteiger partial charge < -0.3 is 4.55 Å². The molecule has 4 heteroatoms. The second kappa shape index (κ2) is 4.59. The van der Waals surface area contributed by atoms with Crippen molar-refractivity contribution in [2.45, 2.75) is 12.2 Å². The molecular weight excluding hydrogens is 184 g/mol. The molecule has 1 N–H and O–H groups in total. The molecule has 1 aliphatic heterocycles. The summed E-state index contributed by atoms with van der Waals surface area (Å²) in [6, 6.07) is 0. The van der Waals surface area contributed by atoms with Gasteiger partial charge in [-0.1, -0.05) is 33.2 Å². The van der Waals surface area contributed by atoms with Crippen molar-refractivity contribution in [1.82, 2.24) is 0 Å². The summed E-state index contributed by atoms with van der Waals surface area (Å²) in [5.74, 6) is 2.27. The second-order valence-corrected chi connectivity index (χ2v) is 5.58. The normalized spacial score (nSPS) is 21.2. The predicted molar refractivity (Wildman–Crippen MR) is 52.7 cm³/mol. The van der Waals surface area contributed by atoms with Gasteiger partial charge in [-0.15, -0.1) is 0 Å². The smallest absolute Gasteiger partial charge is 0.0463 e. The Morgan fingerprint density at radius 3 is 2.70 bits per heavy atom. The molecule has 0 amide bonds. The zero-order chi connectivity index (χ0) is 7.40. The van der Waals surface area contributed by atoms with Crippen molar-refractivity contribution in [3.8, 4) is 0 Å². The van der Waals surface area contributed by atoms with Gasteiger partial charge in [-0.2, -0.15) is 0 Å². The molecule has 1 unspecified atom stereocenters. The van der Waals surface area contributed by atoms with E-state index in [1.807, 2.05) is 28.5 Å². The fraction of sp³-hybridized carbons (Fsp3) is 0.667. The molecule has 0 aromatic carbocycles. The largest absolute Gasteiger partial charge is 0.329 e. The van der Waals surface area contributed by atoms with Crippen LogP contribution in [0.15, 0.2) is 11.6 Å². The van der Waals surface area contributed by atoms with E-state index in [2.05, 4.69) is 6.08 Å². The highest BCUT2D eigenvalue weighted by molar-refractivity contribution is 8.77. The van der Waals surface area contributed by atoms with Crippen LogP contribution in [0.5, 0.6) is 0 Å². The van der Waals surface area contributed by atoms with E-state index >= 15 is 0 Å². The molecule has 1 nitrogen and oxygen atoms in total. The van der Waals surface area contributed by atoms with Crippen molar-refractivity contribution in [3.63, 3.8) is 0 Å². The van der Waals surface area contributed by atoms with Crippen molar-refractivity contribution >= 4 is 33.6 Å². The van der Waals surface area contributed by atoms with Crippen molar-refractivity contribution in [3.05, 3.63) is 11.6 Å². The lowest BCUT2D eigenvalue weighted by Gasteiger charge is -1.99. The Kier molecular flexibility index (Phi) is 4.06.